The summed E-state index contributed by atoms with van der Waals surface area (Å²) in [4.78, 5) is 0. The third-order valence-electron chi connectivity index (χ3n) is 2.07. The maximum Gasteiger partial charge on any atom is 0.265 e. The summed E-state index contributed by atoms with van der Waals surface area (Å²) in [5, 5.41) is 0. The largest absolute Gasteiger partial charge is 0.286 e. The molecule has 0 aliphatic heterocycles. The molecular weight excluding hydrogens is 200 g/mol. The van der Waals surface area contributed by atoms with Crippen LogP contribution < -0.4 is 0 Å². The second kappa shape index (κ2) is 4.11. The number of hydrogen-bond acceptors (Lipinski definition) is 2. The Morgan fingerprint density at radius 1 is 1.43 bits per heavy atom. The lowest BCUT2D eigenvalue weighted by Gasteiger charge is -2.10. The number of rotatable bonds is 3. The van der Waals surface area contributed by atoms with Crippen molar-refractivity contribution in [1.82, 2.24) is 0 Å². The second-order valence-electron chi connectivity index (χ2n) is 3.56. The van der Waals surface area contributed by atoms with Crippen LogP contribution in [-0.4, -0.2) is 18.7 Å². The van der Waals surface area contributed by atoms with Gasteiger partial charge in [-0.3, -0.25) is 4.55 Å². The summed E-state index contributed by atoms with van der Waals surface area (Å²) in [5.74, 6) is -0.402. The van der Waals surface area contributed by atoms with Gasteiger partial charge in [-0.2, -0.15) is 8.42 Å². The number of benzene rings is 1. The Hall–Kier alpha value is -0.870. The van der Waals surface area contributed by atoms with Crippen LogP contribution in [0.5, 0.6) is 0 Å². The molecule has 78 valence electrons. The molecule has 0 aliphatic rings. The van der Waals surface area contributed by atoms with Crippen molar-refractivity contribution in [1.29, 1.82) is 0 Å². The summed E-state index contributed by atoms with van der Waals surface area (Å²) >= 11 is 0. The Morgan fingerprint density at radius 2 is 2.07 bits per heavy atom. The fourth-order valence-electron chi connectivity index (χ4n) is 1.39. The van der Waals surface area contributed by atoms with Gasteiger partial charge in [0, 0.05) is 0 Å². The molecule has 0 heterocycles. The summed E-state index contributed by atoms with van der Waals surface area (Å²) in [7, 11) is -3.88. The zero-order chi connectivity index (χ0) is 10.8. The summed E-state index contributed by atoms with van der Waals surface area (Å²) in [6, 6.07) is 7.62. The molecule has 1 unspecified atom stereocenters. The quantitative estimate of drug-likeness (QED) is 0.783. The molecule has 0 radical (unpaired) electrons. The molecule has 1 atom stereocenters. The molecule has 0 bridgehead atoms. The number of hydrogen-bond donors (Lipinski definition) is 1. The molecule has 0 amide bonds. The Labute approximate surface area is 84.5 Å². The lowest BCUT2D eigenvalue weighted by molar-refractivity contribution is 0.479. The molecule has 0 saturated carbocycles. The Balaban J connectivity index is 2.85. The van der Waals surface area contributed by atoms with Gasteiger partial charge in [-0.05, 0) is 18.4 Å². The van der Waals surface area contributed by atoms with Crippen molar-refractivity contribution in [2.45, 2.75) is 19.8 Å². The number of aryl methyl sites for hydroxylation is 1. The van der Waals surface area contributed by atoms with Crippen LogP contribution in [0.3, 0.4) is 0 Å². The van der Waals surface area contributed by atoms with Gasteiger partial charge < -0.3 is 0 Å². The van der Waals surface area contributed by atoms with Crippen LogP contribution in [0.4, 0.5) is 0 Å². The zero-order valence-electron chi connectivity index (χ0n) is 8.27. The smallest absolute Gasteiger partial charge is 0.265 e. The first-order valence-corrected chi connectivity index (χ1v) is 6.01. The van der Waals surface area contributed by atoms with E-state index in [1.165, 1.54) is 0 Å². The third-order valence-corrected chi connectivity index (χ3v) is 2.99. The molecule has 4 heteroatoms. The van der Waals surface area contributed by atoms with Crippen LogP contribution in [-0.2, 0) is 10.1 Å². The van der Waals surface area contributed by atoms with Gasteiger partial charge in [0.05, 0.1) is 5.75 Å². The van der Waals surface area contributed by atoms with Gasteiger partial charge in [0.15, 0.2) is 0 Å². The van der Waals surface area contributed by atoms with Crippen molar-refractivity contribution >= 4 is 10.1 Å². The highest BCUT2D eigenvalue weighted by Crippen LogP contribution is 2.17. The molecule has 0 saturated heterocycles. The van der Waals surface area contributed by atoms with Crippen LogP contribution in [0.15, 0.2) is 24.3 Å². The normalized spacial score (nSPS) is 13.9. The van der Waals surface area contributed by atoms with E-state index in [0.29, 0.717) is 0 Å². The van der Waals surface area contributed by atoms with E-state index >= 15 is 0 Å². The van der Waals surface area contributed by atoms with Crippen molar-refractivity contribution in [2.75, 3.05) is 5.75 Å². The maximum atomic E-state index is 10.7. The van der Waals surface area contributed by atoms with Crippen molar-refractivity contribution < 1.29 is 13.0 Å². The van der Waals surface area contributed by atoms with Crippen molar-refractivity contribution in [3.05, 3.63) is 35.4 Å². The van der Waals surface area contributed by atoms with E-state index < -0.39 is 10.1 Å². The van der Waals surface area contributed by atoms with Gasteiger partial charge >= 0.3 is 0 Å². The van der Waals surface area contributed by atoms with E-state index in [1.807, 2.05) is 31.2 Å². The highest BCUT2D eigenvalue weighted by atomic mass is 32.2. The van der Waals surface area contributed by atoms with Gasteiger partial charge in [0.25, 0.3) is 10.1 Å². The second-order valence-corrected chi connectivity index (χ2v) is 5.06. The van der Waals surface area contributed by atoms with Crippen molar-refractivity contribution in [3.63, 3.8) is 0 Å². The van der Waals surface area contributed by atoms with Gasteiger partial charge in [0.2, 0.25) is 0 Å². The summed E-state index contributed by atoms with van der Waals surface area (Å²) < 4.78 is 30.0. The summed E-state index contributed by atoms with van der Waals surface area (Å²) in [6.45, 7) is 3.73. The molecule has 3 nitrogen and oxygen atoms in total. The minimum absolute atomic E-state index is 0.176. The predicted molar refractivity (Wildman–Crippen MR) is 56.0 cm³/mol. The summed E-state index contributed by atoms with van der Waals surface area (Å²) in [5.41, 5.74) is 2.02. The molecule has 14 heavy (non-hydrogen) atoms. The van der Waals surface area contributed by atoms with E-state index in [0.717, 1.165) is 11.1 Å². The Morgan fingerprint density at radius 3 is 2.57 bits per heavy atom. The van der Waals surface area contributed by atoms with Crippen LogP contribution in [0.25, 0.3) is 0 Å². The first-order valence-electron chi connectivity index (χ1n) is 4.40. The fraction of sp³-hybridized carbons (Fsp3) is 0.400. The molecule has 1 aromatic carbocycles. The highest BCUT2D eigenvalue weighted by Gasteiger charge is 2.13. The molecule has 0 aromatic heterocycles. The average Bonchev–Trinajstić information content (AvgIpc) is 2.01. The molecule has 1 aromatic rings. The molecule has 1 rings (SSSR count). The molecule has 0 aliphatic carbocycles. The average molecular weight is 214 g/mol. The monoisotopic (exact) mass is 214 g/mol. The van der Waals surface area contributed by atoms with E-state index in [2.05, 4.69) is 0 Å². The minimum Gasteiger partial charge on any atom is -0.286 e. The fourth-order valence-corrected chi connectivity index (χ4v) is 2.21. The molecule has 0 spiro atoms. The van der Waals surface area contributed by atoms with Gasteiger partial charge in [-0.1, -0.05) is 36.8 Å². The lowest BCUT2D eigenvalue weighted by Crippen LogP contribution is -2.11. The first kappa shape index (κ1) is 11.2. The minimum atomic E-state index is -3.88. The van der Waals surface area contributed by atoms with E-state index in [-0.39, 0.29) is 11.7 Å². The van der Waals surface area contributed by atoms with Crippen molar-refractivity contribution in [2.24, 2.45) is 0 Å². The van der Waals surface area contributed by atoms with Crippen LogP contribution >= 0.6 is 0 Å². The first-order chi connectivity index (χ1) is 6.38. The Bertz CT molecular complexity index is 409. The van der Waals surface area contributed by atoms with Crippen molar-refractivity contribution in [3.8, 4) is 0 Å². The Kier molecular flexibility index (Phi) is 3.29. The molecule has 0 fully saturated rings. The standard InChI is InChI=1S/C10H14O3S/c1-8-4-3-5-10(6-8)9(2)7-14(11,12)13/h3-6,9H,7H2,1-2H3,(H,11,12,13). The van der Waals surface area contributed by atoms with Gasteiger partial charge in [-0.25, -0.2) is 0 Å². The predicted octanol–water partition coefficient (Wildman–Crippen LogP) is 1.99. The van der Waals surface area contributed by atoms with Crippen LogP contribution in [0.1, 0.15) is 24.0 Å². The van der Waals surface area contributed by atoms with E-state index in [1.54, 1.807) is 6.92 Å². The molecule has 1 N–H and O–H groups in total. The lowest BCUT2D eigenvalue weighted by atomic mass is 10.0. The van der Waals surface area contributed by atoms with Gasteiger partial charge in [0.1, 0.15) is 0 Å². The highest BCUT2D eigenvalue weighted by molar-refractivity contribution is 7.85. The topological polar surface area (TPSA) is 54.4 Å². The van der Waals surface area contributed by atoms with Crippen LogP contribution in [0, 0.1) is 6.92 Å². The SMILES string of the molecule is Cc1cccc(C(C)CS(=O)(=O)O)c1. The van der Waals surface area contributed by atoms with E-state index in [4.69, 9.17) is 4.55 Å². The van der Waals surface area contributed by atoms with E-state index in [9.17, 15) is 8.42 Å². The summed E-state index contributed by atoms with van der Waals surface area (Å²) in [6.07, 6.45) is 0. The maximum absolute atomic E-state index is 10.7. The van der Waals surface area contributed by atoms with Crippen LogP contribution in [0.2, 0.25) is 0 Å². The molecular formula is C10H14O3S. The zero-order valence-corrected chi connectivity index (χ0v) is 9.08. The third kappa shape index (κ3) is 3.47. The van der Waals surface area contributed by atoms with Gasteiger partial charge in [-0.15, -0.1) is 0 Å².